The number of anilines is 2. The Kier molecular flexibility index (Phi) is 2.76. The van der Waals surface area contributed by atoms with Gasteiger partial charge in [-0.2, -0.15) is 0 Å². The lowest BCUT2D eigenvalue weighted by atomic mass is 10.0. The quantitative estimate of drug-likeness (QED) is 0.851. The van der Waals surface area contributed by atoms with Crippen molar-refractivity contribution in [2.24, 2.45) is 0 Å². The first-order valence-corrected chi connectivity index (χ1v) is 6.03. The van der Waals surface area contributed by atoms with Crippen LogP contribution < -0.4 is 10.6 Å². The van der Waals surface area contributed by atoms with Crippen LogP contribution in [0.15, 0.2) is 41.2 Å². The maximum absolute atomic E-state index is 11.9. The lowest BCUT2D eigenvalue weighted by Crippen LogP contribution is -2.14. The number of carbonyl (C=O) groups excluding carboxylic acids is 1. The van der Waals surface area contributed by atoms with E-state index in [1.807, 2.05) is 12.1 Å². The van der Waals surface area contributed by atoms with E-state index in [0.29, 0.717) is 5.56 Å². The average molecular weight is 242 g/mol. The second kappa shape index (κ2) is 4.56. The molecule has 4 nitrogen and oxygen atoms in total. The van der Waals surface area contributed by atoms with E-state index in [2.05, 4.69) is 16.7 Å². The Morgan fingerprint density at radius 3 is 3.11 bits per heavy atom. The minimum absolute atomic E-state index is 0.153. The molecule has 92 valence electrons. The van der Waals surface area contributed by atoms with Crippen molar-refractivity contribution in [2.45, 2.75) is 12.8 Å². The first-order chi connectivity index (χ1) is 8.83. The molecule has 0 unspecified atom stereocenters. The Morgan fingerprint density at radius 1 is 1.33 bits per heavy atom. The monoisotopic (exact) mass is 242 g/mol. The molecule has 0 saturated carbocycles. The number of furan rings is 1. The van der Waals surface area contributed by atoms with Crippen LogP contribution in [0.4, 0.5) is 11.4 Å². The molecule has 4 heteroatoms. The predicted octanol–water partition coefficient (Wildman–Crippen LogP) is 2.89. The molecule has 1 aliphatic heterocycles. The predicted molar refractivity (Wildman–Crippen MR) is 69.9 cm³/mol. The maximum atomic E-state index is 11.9. The SMILES string of the molecule is O=C(Nc1ccc2c(c1)NCCC2)c1ccoc1. The molecule has 0 radical (unpaired) electrons. The second-order valence-corrected chi connectivity index (χ2v) is 4.37. The van der Waals surface area contributed by atoms with Crippen LogP contribution >= 0.6 is 0 Å². The number of fused-ring (bicyclic) bond motifs is 1. The molecule has 18 heavy (non-hydrogen) atoms. The average Bonchev–Trinajstić information content (AvgIpc) is 2.92. The molecule has 0 bridgehead atoms. The minimum atomic E-state index is -0.153. The largest absolute Gasteiger partial charge is 0.472 e. The van der Waals surface area contributed by atoms with Crippen molar-refractivity contribution in [1.82, 2.24) is 0 Å². The zero-order valence-corrected chi connectivity index (χ0v) is 9.90. The molecule has 2 aromatic rings. The summed E-state index contributed by atoms with van der Waals surface area (Å²) in [6, 6.07) is 7.62. The summed E-state index contributed by atoms with van der Waals surface area (Å²) in [6.07, 6.45) is 5.18. The molecule has 1 aromatic carbocycles. The van der Waals surface area contributed by atoms with Crippen molar-refractivity contribution >= 4 is 17.3 Å². The fourth-order valence-corrected chi connectivity index (χ4v) is 2.14. The smallest absolute Gasteiger partial charge is 0.258 e. The Morgan fingerprint density at radius 2 is 2.28 bits per heavy atom. The summed E-state index contributed by atoms with van der Waals surface area (Å²) in [4.78, 5) is 11.9. The summed E-state index contributed by atoms with van der Waals surface area (Å²) < 4.78 is 4.89. The molecule has 0 aliphatic carbocycles. The molecule has 1 aromatic heterocycles. The maximum Gasteiger partial charge on any atom is 0.258 e. The van der Waals surface area contributed by atoms with Gasteiger partial charge in [-0.1, -0.05) is 6.07 Å². The van der Waals surface area contributed by atoms with E-state index in [1.165, 1.54) is 18.1 Å². The highest BCUT2D eigenvalue weighted by Gasteiger charge is 2.11. The van der Waals surface area contributed by atoms with E-state index in [1.54, 1.807) is 6.07 Å². The third-order valence-electron chi connectivity index (χ3n) is 3.09. The van der Waals surface area contributed by atoms with Gasteiger partial charge < -0.3 is 15.1 Å². The van der Waals surface area contributed by atoms with E-state index in [9.17, 15) is 4.79 Å². The van der Waals surface area contributed by atoms with Gasteiger partial charge in [-0.25, -0.2) is 0 Å². The number of nitrogens with one attached hydrogen (secondary N) is 2. The highest BCUT2D eigenvalue weighted by atomic mass is 16.3. The molecular formula is C14H14N2O2. The third kappa shape index (κ3) is 2.09. The molecule has 2 heterocycles. The van der Waals surface area contributed by atoms with Gasteiger partial charge in [0.2, 0.25) is 0 Å². The summed E-state index contributed by atoms with van der Waals surface area (Å²) in [7, 11) is 0. The summed E-state index contributed by atoms with van der Waals surface area (Å²) in [5, 5.41) is 6.20. The number of hydrogen-bond acceptors (Lipinski definition) is 3. The van der Waals surface area contributed by atoms with E-state index in [4.69, 9.17) is 4.42 Å². The molecule has 1 aliphatic rings. The summed E-state index contributed by atoms with van der Waals surface area (Å²) in [6.45, 7) is 0.992. The fraction of sp³-hybridized carbons (Fsp3) is 0.214. The molecule has 0 fully saturated rings. The number of amides is 1. The topological polar surface area (TPSA) is 54.3 Å². The van der Waals surface area contributed by atoms with Gasteiger partial charge in [0.25, 0.3) is 5.91 Å². The van der Waals surface area contributed by atoms with Gasteiger partial charge in [-0.15, -0.1) is 0 Å². The van der Waals surface area contributed by atoms with Crippen LogP contribution in [0.2, 0.25) is 0 Å². The first-order valence-electron chi connectivity index (χ1n) is 6.03. The van der Waals surface area contributed by atoms with Crippen molar-refractivity contribution in [2.75, 3.05) is 17.2 Å². The minimum Gasteiger partial charge on any atom is -0.472 e. The van der Waals surface area contributed by atoms with Crippen LogP contribution in [0.5, 0.6) is 0 Å². The number of rotatable bonds is 2. The molecule has 1 amide bonds. The highest BCUT2D eigenvalue weighted by Crippen LogP contribution is 2.25. The number of aryl methyl sites for hydroxylation is 1. The van der Waals surface area contributed by atoms with Crippen LogP contribution in [-0.2, 0) is 6.42 Å². The molecule has 2 N–H and O–H groups in total. The van der Waals surface area contributed by atoms with Gasteiger partial charge in [0.05, 0.1) is 11.8 Å². The van der Waals surface area contributed by atoms with E-state index in [-0.39, 0.29) is 5.91 Å². The van der Waals surface area contributed by atoms with Gasteiger partial charge >= 0.3 is 0 Å². The van der Waals surface area contributed by atoms with Gasteiger partial charge in [0.1, 0.15) is 6.26 Å². The van der Waals surface area contributed by atoms with Crippen molar-refractivity contribution in [1.29, 1.82) is 0 Å². The van der Waals surface area contributed by atoms with Gasteiger partial charge in [-0.3, -0.25) is 4.79 Å². The Bertz CT molecular complexity index is 561. The van der Waals surface area contributed by atoms with Crippen LogP contribution in [0.1, 0.15) is 22.3 Å². The van der Waals surface area contributed by atoms with Crippen molar-refractivity contribution in [3.8, 4) is 0 Å². The molecule has 0 spiro atoms. The molecule has 0 atom stereocenters. The highest BCUT2D eigenvalue weighted by molar-refractivity contribution is 6.04. The van der Waals surface area contributed by atoms with Crippen molar-refractivity contribution in [3.05, 3.63) is 47.9 Å². The standard InChI is InChI=1S/C14H14N2O2/c17-14(11-5-7-18-9-11)16-12-4-3-10-2-1-6-15-13(10)8-12/h3-5,7-9,15H,1-2,6H2,(H,16,17). The summed E-state index contributed by atoms with van der Waals surface area (Å²) >= 11 is 0. The first kappa shape index (κ1) is 10.9. The van der Waals surface area contributed by atoms with E-state index in [0.717, 1.165) is 30.8 Å². The normalized spacial score (nSPS) is 13.6. The number of hydrogen-bond donors (Lipinski definition) is 2. The van der Waals surface area contributed by atoms with Crippen molar-refractivity contribution < 1.29 is 9.21 Å². The fourth-order valence-electron chi connectivity index (χ4n) is 2.14. The zero-order chi connectivity index (χ0) is 12.4. The number of carbonyl (C=O) groups is 1. The lowest BCUT2D eigenvalue weighted by Gasteiger charge is -2.18. The van der Waals surface area contributed by atoms with Gasteiger partial charge in [-0.05, 0) is 36.6 Å². The van der Waals surface area contributed by atoms with Crippen LogP contribution in [0, 0.1) is 0 Å². The number of benzene rings is 1. The Hall–Kier alpha value is -2.23. The zero-order valence-electron chi connectivity index (χ0n) is 9.90. The van der Waals surface area contributed by atoms with E-state index < -0.39 is 0 Å². The Balaban J connectivity index is 1.79. The van der Waals surface area contributed by atoms with Gasteiger partial charge in [0.15, 0.2) is 0 Å². The van der Waals surface area contributed by atoms with E-state index >= 15 is 0 Å². The summed E-state index contributed by atoms with van der Waals surface area (Å²) in [5.74, 6) is -0.153. The summed E-state index contributed by atoms with van der Waals surface area (Å²) in [5.41, 5.74) is 3.75. The lowest BCUT2D eigenvalue weighted by molar-refractivity contribution is 0.102. The molecule has 0 saturated heterocycles. The second-order valence-electron chi connectivity index (χ2n) is 4.37. The van der Waals surface area contributed by atoms with Crippen LogP contribution in [0.25, 0.3) is 0 Å². The van der Waals surface area contributed by atoms with Gasteiger partial charge in [0, 0.05) is 17.9 Å². The van der Waals surface area contributed by atoms with Crippen LogP contribution in [-0.4, -0.2) is 12.5 Å². The van der Waals surface area contributed by atoms with Crippen LogP contribution in [0.3, 0.4) is 0 Å². The Labute approximate surface area is 105 Å². The molecular weight excluding hydrogens is 228 g/mol. The third-order valence-corrected chi connectivity index (χ3v) is 3.09. The van der Waals surface area contributed by atoms with Crippen molar-refractivity contribution in [3.63, 3.8) is 0 Å². The molecule has 3 rings (SSSR count).